The predicted molar refractivity (Wildman–Crippen MR) is 294 cm³/mol. The van der Waals surface area contributed by atoms with Crippen molar-refractivity contribution in [2.45, 2.75) is 257 Å². The van der Waals surface area contributed by atoms with Gasteiger partial charge in [-0.2, -0.15) is 0 Å². The van der Waals surface area contributed by atoms with Crippen LogP contribution in [0.3, 0.4) is 0 Å². The van der Waals surface area contributed by atoms with E-state index in [9.17, 15) is 14.7 Å². The van der Waals surface area contributed by atoms with E-state index in [0.717, 1.165) is 46.4 Å². The molecule has 11 aliphatic rings. The van der Waals surface area contributed by atoms with E-state index in [0.29, 0.717) is 68.9 Å². The van der Waals surface area contributed by atoms with E-state index in [1.165, 1.54) is 0 Å². The van der Waals surface area contributed by atoms with Crippen LogP contribution < -0.4 is 0 Å². The van der Waals surface area contributed by atoms with Crippen molar-refractivity contribution >= 4 is 33.5 Å². The average molecular weight is 1100 g/mol. The third-order valence-corrected chi connectivity index (χ3v) is 21.0. The molecule has 0 bridgehead atoms. The van der Waals surface area contributed by atoms with Crippen LogP contribution >= 0.6 is 0 Å². The molecule has 0 aliphatic carbocycles. The van der Waals surface area contributed by atoms with Crippen LogP contribution in [-0.2, 0) is 61.6 Å². The zero-order chi connectivity index (χ0) is 55.3. The Balaban J connectivity index is 0.605. The highest BCUT2D eigenvalue weighted by molar-refractivity contribution is 6.01. The van der Waals surface area contributed by atoms with Crippen molar-refractivity contribution in [1.29, 1.82) is 0 Å². The Morgan fingerprint density at radius 2 is 1.43 bits per heavy atom. The second-order valence-electron chi connectivity index (χ2n) is 27.0. The number of aliphatic hydroxyl groups excluding tert-OH is 1. The van der Waals surface area contributed by atoms with Gasteiger partial charge in [0.15, 0.2) is 0 Å². The van der Waals surface area contributed by atoms with Gasteiger partial charge < -0.3 is 61.9 Å². The zero-order valence-corrected chi connectivity index (χ0v) is 47.4. The highest BCUT2D eigenvalue weighted by Crippen LogP contribution is 2.55. The van der Waals surface area contributed by atoms with Crippen molar-refractivity contribution in [3.8, 4) is 0 Å². The van der Waals surface area contributed by atoms with Crippen LogP contribution in [0.1, 0.15) is 136 Å². The minimum Gasteiger partial charge on any atom is -0.458 e. The van der Waals surface area contributed by atoms with E-state index in [2.05, 4.69) is 77.6 Å². The fourth-order valence-corrected chi connectivity index (χ4v) is 16.3. The highest BCUT2D eigenvalue weighted by atomic mass is 16.7. The Hall–Kier alpha value is -4.10. The summed E-state index contributed by atoms with van der Waals surface area (Å²) in [4.78, 5) is 25.6. The average Bonchev–Trinajstić information content (AvgIpc) is 3.74. The summed E-state index contributed by atoms with van der Waals surface area (Å²) in [6.45, 7) is 19.2. The molecule has 0 spiro atoms. The lowest BCUT2D eigenvalue weighted by Gasteiger charge is -2.60. The Morgan fingerprint density at radius 3 is 2.25 bits per heavy atom. The van der Waals surface area contributed by atoms with Gasteiger partial charge in [-0.1, -0.05) is 56.0 Å². The van der Waals surface area contributed by atoms with Crippen LogP contribution in [0.4, 0.5) is 0 Å². The molecule has 15 heteroatoms. The Kier molecular flexibility index (Phi) is 13.3. The van der Waals surface area contributed by atoms with E-state index in [4.69, 9.17) is 56.8 Å². The molecule has 1 N–H and O–H groups in total. The molecule has 430 valence electrons. The Labute approximate surface area is 469 Å². The lowest BCUT2D eigenvalue weighted by Crippen LogP contribution is -2.70. The van der Waals surface area contributed by atoms with Gasteiger partial charge in [-0.3, -0.25) is 0 Å². The van der Waals surface area contributed by atoms with Gasteiger partial charge in [0.2, 0.25) is 0 Å². The number of esters is 2. The molecule has 15 unspecified atom stereocenters. The first-order valence-corrected chi connectivity index (χ1v) is 29.9. The van der Waals surface area contributed by atoms with Crippen molar-refractivity contribution in [2.24, 2.45) is 5.92 Å². The SMILES string of the molecule is C=C(COC(=O)c1ccc2cc3ccccc3cc2c1)C[C@@H]1C[C@H](O)[C@]2(C)OC3CC4OC5C[C@]6(C)O[C@]7(C)CCC8OC9C[C@]%10(C)OC%11C(C)=CC(=O)OC%11CC%10OC9C[C@@H](C)C8OC7CC6O[C@@]5(C)C/C=C\C4OC3CC2O1. The number of rotatable bonds is 5. The molecular formula is C65H80O15. The summed E-state index contributed by atoms with van der Waals surface area (Å²) in [5.74, 6) is -0.573. The van der Waals surface area contributed by atoms with Crippen LogP contribution in [0.25, 0.3) is 21.5 Å². The van der Waals surface area contributed by atoms with Crippen LogP contribution in [0, 0.1) is 5.92 Å². The summed E-state index contributed by atoms with van der Waals surface area (Å²) in [7, 11) is 0. The van der Waals surface area contributed by atoms with Crippen LogP contribution in [0.2, 0.25) is 0 Å². The fraction of sp³-hybridized carbons (Fsp3) is 0.662. The number of benzene rings is 3. The van der Waals surface area contributed by atoms with E-state index in [1.54, 1.807) is 12.1 Å². The maximum absolute atomic E-state index is 13.3. The van der Waals surface area contributed by atoms with Gasteiger partial charge in [-0.05, 0) is 137 Å². The van der Waals surface area contributed by atoms with Gasteiger partial charge in [0.1, 0.15) is 30.5 Å². The first kappa shape index (κ1) is 53.9. The number of aliphatic hydroxyl groups is 1. The Bertz CT molecular complexity index is 3010. The molecule has 3 aromatic rings. The van der Waals surface area contributed by atoms with Crippen molar-refractivity contribution < 1.29 is 71.5 Å². The van der Waals surface area contributed by atoms with Crippen LogP contribution in [0.15, 0.2) is 90.6 Å². The minimum atomic E-state index is -0.960. The normalized spacial score (nSPS) is 48.0. The maximum Gasteiger partial charge on any atom is 0.338 e. The molecule has 23 atom stereocenters. The predicted octanol–water partition coefficient (Wildman–Crippen LogP) is 9.44. The Morgan fingerprint density at radius 1 is 0.675 bits per heavy atom. The van der Waals surface area contributed by atoms with E-state index in [1.807, 2.05) is 38.1 Å². The number of hydrogen-bond donors (Lipinski definition) is 1. The molecule has 11 aliphatic heterocycles. The first-order chi connectivity index (χ1) is 38.2. The minimum absolute atomic E-state index is 0.0466. The number of hydrogen-bond acceptors (Lipinski definition) is 15. The smallest absolute Gasteiger partial charge is 0.338 e. The number of ether oxygens (including phenoxy) is 12. The highest BCUT2D eigenvalue weighted by Gasteiger charge is 2.64. The van der Waals surface area contributed by atoms with Crippen molar-refractivity contribution in [3.05, 3.63) is 96.1 Å². The molecule has 11 heterocycles. The standard InChI is InChI=1S/C65H80O15/c1-34(33-69-60(68)40-16-15-39-23-37-12-9-10-13-38(37)24-41(39)25-40)20-42-26-51(66)65(8)55(70-42)28-47-48(77-65)27-46-43(71-47)14-11-18-61(4)56(74-46)32-64(7)54(78-61)30-53-62(5,80-64)19-17-44-58(76-53)35(2)21-45-50(72-44)31-63(6)52(73-45)29-49-59(79-63)36(3)22-57(67)75-49/h9-16,22-25,35,42-56,58-59,66H,1,17-21,26-33H2,2-8H3/b14-11-/t35-,42-,43?,44?,45?,46?,47?,48?,49?,50?,51+,52?,53?,54?,55?,56?,58?,59?,61+,62-,63+,64+,65+/m1/s1. The zero-order valence-electron chi connectivity index (χ0n) is 47.4. The molecule has 0 radical (unpaired) electrons. The molecule has 0 amide bonds. The molecule has 9 fully saturated rings. The second-order valence-corrected chi connectivity index (χ2v) is 27.0. The molecule has 0 aromatic heterocycles. The maximum atomic E-state index is 13.3. The molecular weight excluding hydrogens is 1020 g/mol. The third-order valence-electron chi connectivity index (χ3n) is 21.0. The molecule has 15 nitrogen and oxygen atoms in total. The van der Waals surface area contributed by atoms with Crippen molar-refractivity contribution in [3.63, 3.8) is 0 Å². The van der Waals surface area contributed by atoms with Crippen molar-refractivity contribution in [1.82, 2.24) is 0 Å². The van der Waals surface area contributed by atoms with E-state index >= 15 is 0 Å². The molecule has 0 saturated carbocycles. The van der Waals surface area contributed by atoms with Crippen LogP contribution in [-0.4, -0.2) is 155 Å². The van der Waals surface area contributed by atoms with Gasteiger partial charge in [0.05, 0.1) is 113 Å². The summed E-state index contributed by atoms with van der Waals surface area (Å²) in [6.07, 6.45) is 8.37. The van der Waals surface area contributed by atoms with Gasteiger partial charge in [0, 0.05) is 51.0 Å². The van der Waals surface area contributed by atoms with Gasteiger partial charge in [-0.15, -0.1) is 0 Å². The number of fused-ring (bicyclic) bond motifs is 12. The summed E-state index contributed by atoms with van der Waals surface area (Å²) >= 11 is 0. The quantitative estimate of drug-likeness (QED) is 0.146. The molecule has 80 heavy (non-hydrogen) atoms. The first-order valence-electron chi connectivity index (χ1n) is 29.9. The summed E-state index contributed by atoms with van der Waals surface area (Å²) in [5, 5.41) is 16.2. The number of carbonyl (C=O) groups excluding carboxylic acids is 2. The largest absolute Gasteiger partial charge is 0.458 e. The topological polar surface area (TPSA) is 165 Å². The van der Waals surface area contributed by atoms with Gasteiger partial charge in [0.25, 0.3) is 0 Å². The van der Waals surface area contributed by atoms with Crippen molar-refractivity contribution in [2.75, 3.05) is 6.61 Å². The second kappa shape index (κ2) is 19.8. The van der Waals surface area contributed by atoms with E-state index < -0.39 is 46.2 Å². The molecule has 14 rings (SSSR count). The lowest BCUT2D eigenvalue weighted by atomic mass is 9.72. The monoisotopic (exact) mass is 1100 g/mol. The van der Waals surface area contributed by atoms with Gasteiger partial charge in [-0.25, -0.2) is 9.59 Å². The summed E-state index contributed by atoms with van der Waals surface area (Å²) < 4.78 is 82.3. The summed E-state index contributed by atoms with van der Waals surface area (Å²) in [6, 6.07) is 18.0. The van der Waals surface area contributed by atoms with E-state index in [-0.39, 0.29) is 110 Å². The number of carbonyl (C=O) groups is 2. The lowest BCUT2D eigenvalue weighted by molar-refractivity contribution is -0.356. The molecule has 3 aromatic carbocycles. The summed E-state index contributed by atoms with van der Waals surface area (Å²) in [5.41, 5.74) is -1.35. The van der Waals surface area contributed by atoms with Gasteiger partial charge >= 0.3 is 11.9 Å². The molecule has 9 saturated heterocycles. The fourth-order valence-electron chi connectivity index (χ4n) is 16.3. The third kappa shape index (κ3) is 9.35. The van der Waals surface area contributed by atoms with Crippen LogP contribution in [0.5, 0.6) is 0 Å².